The summed E-state index contributed by atoms with van der Waals surface area (Å²) in [7, 11) is 0. The van der Waals surface area contributed by atoms with Crippen LogP contribution in [0.2, 0.25) is 0 Å². The third kappa shape index (κ3) is 7.17. The van der Waals surface area contributed by atoms with Crippen LogP contribution in [0.4, 0.5) is 4.79 Å². The van der Waals surface area contributed by atoms with Crippen LogP contribution in [0.1, 0.15) is 66.4 Å². The molecule has 1 aromatic carbocycles. The number of likely N-dealkylation sites (tertiary alicyclic amines) is 2. The summed E-state index contributed by atoms with van der Waals surface area (Å²) in [6.45, 7) is 5.88. The number of piperidine rings is 2. The molecule has 0 spiro atoms. The molecule has 2 aliphatic heterocycles. The van der Waals surface area contributed by atoms with E-state index in [1.54, 1.807) is 4.90 Å². The Morgan fingerprint density at radius 3 is 2.46 bits per heavy atom. The molecule has 0 bridgehead atoms. The first kappa shape index (κ1) is 27.2. The van der Waals surface area contributed by atoms with Crippen molar-refractivity contribution >= 4 is 17.9 Å². The van der Waals surface area contributed by atoms with E-state index in [9.17, 15) is 14.4 Å². The first-order chi connectivity index (χ1) is 18.9. The molecule has 0 saturated carbocycles. The van der Waals surface area contributed by atoms with Gasteiger partial charge in [-0.3, -0.25) is 14.5 Å². The number of ether oxygens (including phenoxy) is 1. The highest BCUT2D eigenvalue weighted by molar-refractivity contribution is 5.94. The van der Waals surface area contributed by atoms with Crippen LogP contribution in [0.15, 0.2) is 34.9 Å². The zero-order chi connectivity index (χ0) is 27.2. The maximum absolute atomic E-state index is 13.1. The molecule has 2 aromatic rings. The van der Waals surface area contributed by atoms with E-state index in [0.717, 1.165) is 55.2 Å². The maximum atomic E-state index is 13.1. The molecule has 10 heteroatoms. The Labute approximate surface area is 229 Å². The number of benzene rings is 1. The molecule has 3 heterocycles. The number of aryl methyl sites for hydroxylation is 1. The molecule has 1 unspecified atom stereocenters. The number of nitrogens with zero attached hydrogens (tertiary/aromatic N) is 3. The number of rotatable bonds is 7. The lowest BCUT2D eigenvalue weighted by Gasteiger charge is -2.31. The number of amides is 3. The predicted molar refractivity (Wildman–Crippen MR) is 144 cm³/mol. The quantitative estimate of drug-likeness (QED) is 0.558. The van der Waals surface area contributed by atoms with Gasteiger partial charge in [-0.2, -0.15) is 0 Å². The number of hydrogen-bond donors (Lipinski definition) is 2. The second-order valence-electron chi connectivity index (χ2n) is 11.2. The summed E-state index contributed by atoms with van der Waals surface area (Å²) in [5, 5.41) is 10.3. The highest BCUT2D eigenvalue weighted by Gasteiger charge is 2.32. The first-order valence-electron chi connectivity index (χ1n) is 14.2. The van der Waals surface area contributed by atoms with Gasteiger partial charge in [0.05, 0.1) is 6.54 Å². The van der Waals surface area contributed by atoms with Crippen LogP contribution < -0.4 is 10.6 Å². The summed E-state index contributed by atoms with van der Waals surface area (Å²) >= 11 is 0. The molecule has 2 saturated heterocycles. The van der Waals surface area contributed by atoms with E-state index in [2.05, 4.69) is 27.6 Å². The lowest BCUT2D eigenvalue weighted by atomic mass is 9.91. The van der Waals surface area contributed by atoms with Gasteiger partial charge in [-0.1, -0.05) is 42.4 Å². The van der Waals surface area contributed by atoms with Crippen molar-refractivity contribution in [1.82, 2.24) is 25.6 Å². The van der Waals surface area contributed by atoms with Crippen molar-refractivity contribution in [2.24, 2.45) is 5.92 Å². The average molecular weight is 538 g/mol. The van der Waals surface area contributed by atoms with E-state index < -0.39 is 0 Å². The van der Waals surface area contributed by atoms with Gasteiger partial charge in [0.2, 0.25) is 5.91 Å². The van der Waals surface area contributed by atoms with Crippen LogP contribution >= 0.6 is 0 Å². The topological polar surface area (TPSA) is 117 Å². The molecule has 39 heavy (non-hydrogen) atoms. The second kappa shape index (κ2) is 12.6. The standard InChI is InChI=1S/C29H39N5O5/c1-20-9-13-33(14-10-20)18-26(35)30-23-7-8-25-24(17-23)27(32-39-25)28(36)31-22-11-15-34(16-12-22)29(37)38-19-21-5-3-2-4-6-21/h2-6,20,22-23H,7-19H2,1H3,(H,30,35)(H,31,36). The van der Waals surface area contributed by atoms with Gasteiger partial charge in [0, 0.05) is 37.2 Å². The van der Waals surface area contributed by atoms with Crippen molar-refractivity contribution < 1.29 is 23.6 Å². The van der Waals surface area contributed by atoms with Crippen molar-refractivity contribution in [3.8, 4) is 0 Å². The van der Waals surface area contributed by atoms with E-state index in [-0.39, 0.29) is 36.6 Å². The van der Waals surface area contributed by atoms with Crippen molar-refractivity contribution in [3.63, 3.8) is 0 Å². The van der Waals surface area contributed by atoms with Crippen molar-refractivity contribution in [2.75, 3.05) is 32.7 Å². The smallest absolute Gasteiger partial charge is 0.410 e. The minimum Gasteiger partial charge on any atom is -0.445 e. The summed E-state index contributed by atoms with van der Waals surface area (Å²) in [4.78, 5) is 42.1. The SMILES string of the molecule is CC1CCN(CC(=O)NC2CCc3onc(C(=O)NC4CCN(C(=O)OCc5ccccc5)CC4)c3C2)CC1. The molecule has 1 aliphatic carbocycles. The molecule has 5 rings (SSSR count). The Kier molecular flexibility index (Phi) is 8.81. The number of carbonyl (C=O) groups is 3. The summed E-state index contributed by atoms with van der Waals surface area (Å²) in [5.41, 5.74) is 2.04. The molecule has 10 nitrogen and oxygen atoms in total. The van der Waals surface area contributed by atoms with Gasteiger partial charge in [-0.05, 0) is 63.1 Å². The third-order valence-electron chi connectivity index (χ3n) is 8.16. The van der Waals surface area contributed by atoms with Crippen molar-refractivity contribution in [1.29, 1.82) is 0 Å². The van der Waals surface area contributed by atoms with Gasteiger partial charge >= 0.3 is 6.09 Å². The molecule has 0 radical (unpaired) electrons. The molecular formula is C29H39N5O5. The Bertz CT molecular complexity index is 1140. The van der Waals surface area contributed by atoms with Crippen molar-refractivity contribution in [2.45, 2.75) is 70.6 Å². The third-order valence-corrected chi connectivity index (χ3v) is 8.16. The molecule has 3 amide bonds. The fourth-order valence-electron chi connectivity index (χ4n) is 5.67. The largest absolute Gasteiger partial charge is 0.445 e. The van der Waals surface area contributed by atoms with Gasteiger partial charge in [0.25, 0.3) is 5.91 Å². The number of nitrogens with one attached hydrogen (secondary N) is 2. The van der Waals surface area contributed by atoms with Gasteiger partial charge in [0.1, 0.15) is 12.4 Å². The van der Waals surface area contributed by atoms with E-state index in [0.29, 0.717) is 51.0 Å². The molecule has 1 aromatic heterocycles. The lowest BCUT2D eigenvalue weighted by molar-refractivity contribution is -0.123. The molecular weight excluding hydrogens is 498 g/mol. The lowest BCUT2D eigenvalue weighted by Crippen LogP contribution is -2.47. The van der Waals surface area contributed by atoms with Crippen LogP contribution in [0, 0.1) is 5.92 Å². The molecule has 210 valence electrons. The van der Waals surface area contributed by atoms with Gasteiger partial charge in [0.15, 0.2) is 5.69 Å². The highest BCUT2D eigenvalue weighted by atomic mass is 16.6. The van der Waals surface area contributed by atoms with Gasteiger partial charge in [-0.25, -0.2) is 4.79 Å². The van der Waals surface area contributed by atoms with Gasteiger partial charge < -0.3 is 24.8 Å². The van der Waals surface area contributed by atoms with E-state index >= 15 is 0 Å². The van der Waals surface area contributed by atoms with Crippen LogP contribution in [0.5, 0.6) is 0 Å². The second-order valence-corrected chi connectivity index (χ2v) is 11.2. The summed E-state index contributed by atoms with van der Waals surface area (Å²) in [6, 6.07) is 9.49. The summed E-state index contributed by atoms with van der Waals surface area (Å²) in [5.74, 6) is 1.23. The predicted octanol–water partition coefficient (Wildman–Crippen LogP) is 2.91. The molecule has 3 aliphatic rings. The summed E-state index contributed by atoms with van der Waals surface area (Å²) < 4.78 is 10.9. The molecule has 2 fully saturated rings. The number of hydrogen-bond acceptors (Lipinski definition) is 7. The molecule has 1 atom stereocenters. The monoisotopic (exact) mass is 537 g/mol. The Morgan fingerprint density at radius 2 is 1.72 bits per heavy atom. The van der Waals surface area contributed by atoms with Gasteiger partial charge in [-0.15, -0.1) is 0 Å². The zero-order valence-electron chi connectivity index (χ0n) is 22.7. The number of fused-ring (bicyclic) bond motifs is 1. The minimum atomic E-state index is -0.336. The fraction of sp³-hybridized carbons (Fsp3) is 0.586. The fourth-order valence-corrected chi connectivity index (χ4v) is 5.67. The average Bonchev–Trinajstić information content (AvgIpc) is 3.37. The highest BCUT2D eigenvalue weighted by Crippen LogP contribution is 2.25. The van der Waals surface area contributed by atoms with Crippen LogP contribution in [-0.4, -0.2) is 77.7 Å². The van der Waals surface area contributed by atoms with E-state index in [1.807, 2.05) is 30.3 Å². The van der Waals surface area contributed by atoms with E-state index in [1.165, 1.54) is 0 Å². The summed E-state index contributed by atoms with van der Waals surface area (Å²) in [6.07, 6.45) is 5.16. The normalized spacial score (nSPS) is 20.7. The Hall–Kier alpha value is -3.40. The Balaban J connectivity index is 1.07. The first-order valence-corrected chi connectivity index (χ1v) is 14.2. The molecule has 2 N–H and O–H groups in total. The van der Waals surface area contributed by atoms with Crippen LogP contribution in [-0.2, 0) is 29.0 Å². The van der Waals surface area contributed by atoms with Crippen LogP contribution in [0.25, 0.3) is 0 Å². The van der Waals surface area contributed by atoms with Crippen molar-refractivity contribution in [3.05, 3.63) is 52.9 Å². The minimum absolute atomic E-state index is 0.0366. The zero-order valence-corrected chi connectivity index (χ0v) is 22.7. The number of aromatic nitrogens is 1. The maximum Gasteiger partial charge on any atom is 0.410 e. The van der Waals surface area contributed by atoms with E-state index in [4.69, 9.17) is 9.26 Å². The number of carbonyl (C=O) groups excluding carboxylic acids is 3. The van der Waals surface area contributed by atoms with Crippen LogP contribution in [0.3, 0.4) is 0 Å². The Morgan fingerprint density at radius 1 is 0.974 bits per heavy atom.